The SMILES string of the molecule is CC(C)CN(C(=O)c1cccc(O)c1O)C(C)C. The van der Waals surface area contributed by atoms with Crippen LogP contribution in [0.4, 0.5) is 0 Å². The minimum absolute atomic E-state index is 0.0432. The highest BCUT2D eigenvalue weighted by atomic mass is 16.3. The Morgan fingerprint density at radius 3 is 2.33 bits per heavy atom. The molecule has 1 aromatic carbocycles. The first kappa shape index (κ1) is 14.4. The maximum Gasteiger partial charge on any atom is 0.257 e. The fourth-order valence-corrected chi connectivity index (χ4v) is 1.78. The summed E-state index contributed by atoms with van der Waals surface area (Å²) in [5.41, 5.74) is 0.143. The standard InChI is InChI=1S/C14H21NO3/c1-9(2)8-15(10(3)4)14(18)11-6-5-7-12(16)13(11)17/h5-7,9-10,16-17H,8H2,1-4H3. The highest BCUT2D eigenvalue weighted by molar-refractivity contribution is 5.97. The van der Waals surface area contributed by atoms with Gasteiger partial charge in [-0.3, -0.25) is 4.79 Å². The number of hydrogen-bond donors (Lipinski definition) is 2. The molecule has 18 heavy (non-hydrogen) atoms. The zero-order valence-electron chi connectivity index (χ0n) is 11.3. The van der Waals surface area contributed by atoms with Gasteiger partial charge >= 0.3 is 0 Å². The van der Waals surface area contributed by atoms with E-state index in [2.05, 4.69) is 0 Å². The Balaban J connectivity index is 3.06. The lowest BCUT2D eigenvalue weighted by Crippen LogP contribution is -2.39. The van der Waals surface area contributed by atoms with Crippen LogP contribution in [0.25, 0.3) is 0 Å². The molecule has 1 rings (SSSR count). The van der Waals surface area contributed by atoms with E-state index in [0.29, 0.717) is 12.5 Å². The summed E-state index contributed by atoms with van der Waals surface area (Å²) in [4.78, 5) is 14.0. The van der Waals surface area contributed by atoms with Crippen molar-refractivity contribution < 1.29 is 15.0 Å². The molecule has 0 radical (unpaired) electrons. The molecule has 0 bridgehead atoms. The summed E-state index contributed by atoms with van der Waals surface area (Å²) in [6.07, 6.45) is 0. The molecule has 0 aromatic heterocycles. The van der Waals surface area contributed by atoms with Gasteiger partial charge in [0.1, 0.15) is 0 Å². The van der Waals surface area contributed by atoms with E-state index >= 15 is 0 Å². The van der Waals surface area contributed by atoms with Crippen molar-refractivity contribution in [1.82, 2.24) is 4.90 Å². The van der Waals surface area contributed by atoms with Crippen LogP contribution in [-0.2, 0) is 0 Å². The Morgan fingerprint density at radius 1 is 1.22 bits per heavy atom. The van der Waals surface area contributed by atoms with Crippen LogP contribution < -0.4 is 0 Å². The molecule has 4 nitrogen and oxygen atoms in total. The lowest BCUT2D eigenvalue weighted by Gasteiger charge is -2.28. The Morgan fingerprint density at radius 2 is 1.83 bits per heavy atom. The molecule has 4 heteroatoms. The number of rotatable bonds is 4. The number of carbonyl (C=O) groups is 1. The molecule has 0 saturated carbocycles. The molecule has 0 atom stereocenters. The van der Waals surface area contributed by atoms with Crippen LogP contribution in [0, 0.1) is 5.92 Å². The van der Waals surface area contributed by atoms with Crippen LogP contribution in [0.3, 0.4) is 0 Å². The zero-order valence-corrected chi connectivity index (χ0v) is 11.3. The molecule has 1 aromatic rings. The van der Waals surface area contributed by atoms with Crippen molar-refractivity contribution in [2.75, 3.05) is 6.54 Å². The van der Waals surface area contributed by atoms with Gasteiger partial charge < -0.3 is 15.1 Å². The molecule has 0 fully saturated rings. The van der Waals surface area contributed by atoms with Gasteiger partial charge in [-0.15, -0.1) is 0 Å². The molecule has 2 N–H and O–H groups in total. The Hall–Kier alpha value is -1.71. The summed E-state index contributed by atoms with van der Waals surface area (Å²) in [6, 6.07) is 4.47. The van der Waals surface area contributed by atoms with Crippen molar-refractivity contribution in [2.24, 2.45) is 5.92 Å². The highest BCUT2D eigenvalue weighted by Crippen LogP contribution is 2.29. The molecule has 0 aliphatic carbocycles. The lowest BCUT2D eigenvalue weighted by molar-refractivity contribution is 0.0678. The minimum Gasteiger partial charge on any atom is -0.504 e. The quantitative estimate of drug-likeness (QED) is 0.809. The number of hydrogen-bond acceptors (Lipinski definition) is 3. The number of phenolic OH excluding ortho intramolecular Hbond substituents is 2. The van der Waals surface area contributed by atoms with Crippen molar-refractivity contribution in [1.29, 1.82) is 0 Å². The van der Waals surface area contributed by atoms with Crippen molar-refractivity contribution in [2.45, 2.75) is 33.7 Å². The van der Waals surface area contributed by atoms with Gasteiger partial charge in [-0.25, -0.2) is 0 Å². The van der Waals surface area contributed by atoms with E-state index in [1.165, 1.54) is 12.1 Å². The normalized spacial score (nSPS) is 11.0. The molecule has 100 valence electrons. The number of carbonyl (C=O) groups excluding carboxylic acids is 1. The topological polar surface area (TPSA) is 60.8 Å². The number of phenols is 2. The monoisotopic (exact) mass is 251 g/mol. The van der Waals surface area contributed by atoms with Crippen molar-refractivity contribution in [3.8, 4) is 11.5 Å². The molecule has 0 aliphatic heterocycles. The van der Waals surface area contributed by atoms with E-state index in [-0.39, 0.29) is 29.0 Å². The number of benzene rings is 1. The smallest absolute Gasteiger partial charge is 0.257 e. The van der Waals surface area contributed by atoms with Gasteiger partial charge in [0.05, 0.1) is 5.56 Å². The predicted molar refractivity (Wildman–Crippen MR) is 70.8 cm³/mol. The second-order valence-electron chi connectivity index (χ2n) is 5.12. The van der Waals surface area contributed by atoms with E-state index < -0.39 is 0 Å². The molecule has 0 heterocycles. The lowest BCUT2D eigenvalue weighted by atomic mass is 10.1. The second kappa shape index (κ2) is 5.76. The predicted octanol–water partition coefficient (Wildman–Crippen LogP) is 2.60. The summed E-state index contributed by atoms with van der Waals surface area (Å²) in [7, 11) is 0. The Kier molecular flexibility index (Phi) is 4.59. The largest absolute Gasteiger partial charge is 0.504 e. The van der Waals surface area contributed by atoms with Gasteiger partial charge in [-0.05, 0) is 31.9 Å². The molecule has 0 spiro atoms. The average molecular weight is 251 g/mol. The summed E-state index contributed by atoms with van der Waals surface area (Å²) < 4.78 is 0. The van der Waals surface area contributed by atoms with E-state index in [9.17, 15) is 15.0 Å². The van der Waals surface area contributed by atoms with Crippen LogP contribution in [0.2, 0.25) is 0 Å². The minimum atomic E-state index is -0.350. The molecule has 1 amide bonds. The third-order valence-corrected chi connectivity index (χ3v) is 2.69. The molecule has 0 aliphatic rings. The third kappa shape index (κ3) is 3.15. The summed E-state index contributed by atoms with van der Waals surface area (Å²) in [6.45, 7) is 8.54. The van der Waals surface area contributed by atoms with Crippen LogP contribution in [0.1, 0.15) is 38.1 Å². The van der Waals surface area contributed by atoms with Gasteiger partial charge in [0, 0.05) is 12.6 Å². The molecular weight excluding hydrogens is 230 g/mol. The molecule has 0 saturated heterocycles. The third-order valence-electron chi connectivity index (χ3n) is 2.69. The molecule has 0 unspecified atom stereocenters. The van der Waals surface area contributed by atoms with Gasteiger partial charge in [0.25, 0.3) is 5.91 Å². The van der Waals surface area contributed by atoms with Crippen LogP contribution >= 0.6 is 0 Å². The first-order chi connectivity index (χ1) is 8.34. The van der Waals surface area contributed by atoms with E-state index in [1.54, 1.807) is 11.0 Å². The fraction of sp³-hybridized carbons (Fsp3) is 0.500. The zero-order chi connectivity index (χ0) is 13.9. The van der Waals surface area contributed by atoms with Gasteiger partial charge in [0.2, 0.25) is 0 Å². The van der Waals surface area contributed by atoms with Crippen LogP contribution in [0.15, 0.2) is 18.2 Å². The first-order valence-corrected chi connectivity index (χ1v) is 6.16. The number of aromatic hydroxyl groups is 2. The van der Waals surface area contributed by atoms with Gasteiger partial charge in [-0.1, -0.05) is 19.9 Å². The van der Waals surface area contributed by atoms with Crippen LogP contribution in [0.5, 0.6) is 11.5 Å². The Labute approximate surface area is 108 Å². The number of para-hydroxylation sites is 1. The van der Waals surface area contributed by atoms with E-state index in [0.717, 1.165) is 0 Å². The van der Waals surface area contributed by atoms with Gasteiger partial charge in [-0.2, -0.15) is 0 Å². The summed E-state index contributed by atoms with van der Waals surface area (Å²) in [5.74, 6) is -0.533. The maximum atomic E-state index is 12.3. The second-order valence-corrected chi connectivity index (χ2v) is 5.12. The maximum absolute atomic E-state index is 12.3. The van der Waals surface area contributed by atoms with Crippen LogP contribution in [-0.4, -0.2) is 33.6 Å². The van der Waals surface area contributed by atoms with E-state index in [1.807, 2.05) is 27.7 Å². The Bertz CT molecular complexity index is 427. The van der Waals surface area contributed by atoms with Gasteiger partial charge in [0.15, 0.2) is 11.5 Å². The fourth-order valence-electron chi connectivity index (χ4n) is 1.78. The first-order valence-electron chi connectivity index (χ1n) is 6.16. The number of amides is 1. The molecular formula is C14H21NO3. The average Bonchev–Trinajstić information content (AvgIpc) is 2.28. The van der Waals surface area contributed by atoms with Crippen molar-refractivity contribution in [3.05, 3.63) is 23.8 Å². The summed E-state index contributed by atoms with van der Waals surface area (Å²) >= 11 is 0. The highest BCUT2D eigenvalue weighted by Gasteiger charge is 2.23. The van der Waals surface area contributed by atoms with E-state index in [4.69, 9.17) is 0 Å². The van der Waals surface area contributed by atoms with Crippen molar-refractivity contribution in [3.63, 3.8) is 0 Å². The number of nitrogens with zero attached hydrogens (tertiary/aromatic N) is 1. The summed E-state index contributed by atoms with van der Waals surface area (Å²) in [5, 5.41) is 19.2. The van der Waals surface area contributed by atoms with Crippen molar-refractivity contribution >= 4 is 5.91 Å².